The Morgan fingerprint density at radius 2 is 1.60 bits per heavy atom. The van der Waals surface area contributed by atoms with Gasteiger partial charge in [-0.15, -0.1) is 11.8 Å². The SMILES string of the molecule is CCCNCc1ccc(SCc2ccc(I)cc2)cc1. The molecule has 20 heavy (non-hydrogen) atoms. The van der Waals surface area contributed by atoms with Crippen LogP contribution in [0.3, 0.4) is 0 Å². The van der Waals surface area contributed by atoms with E-state index in [1.165, 1.54) is 26.0 Å². The van der Waals surface area contributed by atoms with Crippen LogP contribution in [0.1, 0.15) is 24.5 Å². The summed E-state index contributed by atoms with van der Waals surface area (Å²) < 4.78 is 1.29. The van der Waals surface area contributed by atoms with Crippen molar-refractivity contribution in [1.29, 1.82) is 0 Å². The predicted octanol–water partition coefficient (Wildman–Crippen LogP) is 5.08. The molecule has 0 bridgehead atoms. The molecule has 0 fully saturated rings. The molecule has 0 unspecified atom stereocenters. The first-order chi connectivity index (χ1) is 9.78. The maximum Gasteiger partial charge on any atom is 0.0232 e. The van der Waals surface area contributed by atoms with Crippen LogP contribution in [0, 0.1) is 3.57 Å². The molecule has 3 heteroatoms. The molecule has 0 saturated carbocycles. The third kappa shape index (κ3) is 5.46. The van der Waals surface area contributed by atoms with Gasteiger partial charge in [0.05, 0.1) is 0 Å². The van der Waals surface area contributed by atoms with Gasteiger partial charge in [0.15, 0.2) is 0 Å². The Balaban J connectivity index is 1.82. The van der Waals surface area contributed by atoms with Crippen molar-refractivity contribution >= 4 is 34.4 Å². The van der Waals surface area contributed by atoms with Gasteiger partial charge >= 0.3 is 0 Å². The maximum absolute atomic E-state index is 3.43. The second kappa shape index (κ2) is 8.70. The number of benzene rings is 2. The van der Waals surface area contributed by atoms with Crippen molar-refractivity contribution in [3.8, 4) is 0 Å². The van der Waals surface area contributed by atoms with E-state index >= 15 is 0 Å². The first kappa shape index (κ1) is 15.9. The van der Waals surface area contributed by atoms with Gasteiger partial charge in [0, 0.05) is 20.8 Å². The molecular formula is C17H20INS. The van der Waals surface area contributed by atoms with Crippen LogP contribution in [0.2, 0.25) is 0 Å². The predicted molar refractivity (Wildman–Crippen MR) is 97.2 cm³/mol. The molecule has 0 aliphatic carbocycles. The van der Waals surface area contributed by atoms with E-state index in [1.807, 2.05) is 11.8 Å². The van der Waals surface area contributed by atoms with E-state index in [0.29, 0.717) is 0 Å². The smallest absolute Gasteiger partial charge is 0.0232 e. The minimum Gasteiger partial charge on any atom is -0.313 e. The highest BCUT2D eigenvalue weighted by atomic mass is 127. The summed E-state index contributed by atoms with van der Waals surface area (Å²) in [6.07, 6.45) is 1.18. The zero-order valence-corrected chi connectivity index (χ0v) is 14.7. The zero-order chi connectivity index (χ0) is 14.2. The van der Waals surface area contributed by atoms with Gasteiger partial charge < -0.3 is 5.32 Å². The van der Waals surface area contributed by atoms with Gasteiger partial charge in [-0.2, -0.15) is 0 Å². The molecule has 0 heterocycles. The molecule has 106 valence electrons. The van der Waals surface area contributed by atoms with Gasteiger partial charge in [-0.3, -0.25) is 0 Å². The summed E-state index contributed by atoms with van der Waals surface area (Å²) in [5.74, 6) is 1.03. The molecule has 2 rings (SSSR count). The Hall–Kier alpha value is -0.520. The fourth-order valence-corrected chi connectivity index (χ4v) is 3.07. The largest absolute Gasteiger partial charge is 0.313 e. The highest BCUT2D eigenvalue weighted by Crippen LogP contribution is 2.23. The summed E-state index contributed by atoms with van der Waals surface area (Å²) in [5.41, 5.74) is 2.74. The van der Waals surface area contributed by atoms with Crippen LogP contribution in [0.25, 0.3) is 0 Å². The first-order valence-electron chi connectivity index (χ1n) is 6.95. The molecular weight excluding hydrogens is 377 g/mol. The van der Waals surface area contributed by atoms with Crippen molar-refractivity contribution in [2.24, 2.45) is 0 Å². The summed E-state index contributed by atoms with van der Waals surface area (Å²) in [6, 6.07) is 17.6. The normalized spacial score (nSPS) is 10.7. The Kier molecular flexibility index (Phi) is 6.90. The first-order valence-corrected chi connectivity index (χ1v) is 9.01. The number of halogens is 1. The van der Waals surface area contributed by atoms with E-state index < -0.39 is 0 Å². The summed E-state index contributed by atoms with van der Waals surface area (Å²) >= 11 is 4.23. The fraction of sp³-hybridized carbons (Fsp3) is 0.294. The van der Waals surface area contributed by atoms with Crippen LogP contribution >= 0.6 is 34.4 Å². The second-order valence-corrected chi connectivity index (χ2v) is 7.03. The van der Waals surface area contributed by atoms with Gasteiger partial charge in [0.2, 0.25) is 0 Å². The molecule has 1 nitrogen and oxygen atoms in total. The van der Waals surface area contributed by atoms with Gasteiger partial charge in [0.1, 0.15) is 0 Å². The lowest BCUT2D eigenvalue weighted by molar-refractivity contribution is 0.675. The van der Waals surface area contributed by atoms with Crippen molar-refractivity contribution < 1.29 is 0 Å². The summed E-state index contributed by atoms with van der Waals surface area (Å²) in [7, 11) is 0. The minimum absolute atomic E-state index is 0.968. The number of thioether (sulfide) groups is 1. The number of nitrogens with one attached hydrogen (secondary N) is 1. The molecule has 1 N–H and O–H groups in total. The Labute approximate surface area is 139 Å². The lowest BCUT2D eigenvalue weighted by atomic mass is 10.2. The van der Waals surface area contributed by atoms with E-state index in [9.17, 15) is 0 Å². The highest BCUT2D eigenvalue weighted by molar-refractivity contribution is 14.1. The zero-order valence-electron chi connectivity index (χ0n) is 11.7. The molecule has 0 atom stereocenters. The number of rotatable bonds is 7. The van der Waals surface area contributed by atoms with Crippen molar-refractivity contribution in [2.45, 2.75) is 30.5 Å². The van der Waals surface area contributed by atoms with Crippen LogP contribution in [-0.4, -0.2) is 6.54 Å². The fourth-order valence-electron chi connectivity index (χ4n) is 1.86. The van der Waals surface area contributed by atoms with Crippen molar-refractivity contribution in [3.63, 3.8) is 0 Å². The highest BCUT2D eigenvalue weighted by Gasteiger charge is 1.98. The van der Waals surface area contributed by atoms with Crippen LogP contribution in [0.5, 0.6) is 0 Å². The van der Waals surface area contributed by atoms with Crippen molar-refractivity contribution in [2.75, 3.05) is 6.54 Å². The molecule has 2 aromatic carbocycles. The number of hydrogen-bond donors (Lipinski definition) is 1. The quantitative estimate of drug-likeness (QED) is 0.397. The Morgan fingerprint density at radius 3 is 2.25 bits per heavy atom. The van der Waals surface area contributed by atoms with E-state index in [0.717, 1.165) is 18.8 Å². The summed E-state index contributed by atoms with van der Waals surface area (Å²) in [5, 5.41) is 3.43. The molecule has 0 aliphatic rings. The van der Waals surface area contributed by atoms with Crippen LogP contribution < -0.4 is 5.32 Å². The van der Waals surface area contributed by atoms with Crippen LogP contribution in [0.4, 0.5) is 0 Å². The lowest BCUT2D eigenvalue weighted by Gasteiger charge is -2.06. The van der Waals surface area contributed by atoms with Gasteiger partial charge in [-0.05, 0) is 70.9 Å². The standard InChI is InChI=1S/C17H20INS/c1-2-11-19-12-14-5-9-17(10-6-14)20-13-15-3-7-16(18)8-4-15/h3-10,19H,2,11-13H2,1H3. The summed E-state index contributed by atoms with van der Waals surface area (Å²) in [6.45, 7) is 4.25. The van der Waals surface area contributed by atoms with Crippen LogP contribution in [-0.2, 0) is 12.3 Å². The van der Waals surface area contributed by atoms with E-state index in [2.05, 4.69) is 83.4 Å². The monoisotopic (exact) mass is 397 g/mol. The molecule has 0 radical (unpaired) electrons. The second-order valence-electron chi connectivity index (χ2n) is 4.74. The van der Waals surface area contributed by atoms with Gasteiger partial charge in [-0.25, -0.2) is 0 Å². The summed E-state index contributed by atoms with van der Waals surface area (Å²) in [4.78, 5) is 1.34. The topological polar surface area (TPSA) is 12.0 Å². The van der Waals surface area contributed by atoms with Gasteiger partial charge in [-0.1, -0.05) is 31.2 Å². The molecule has 0 saturated heterocycles. The van der Waals surface area contributed by atoms with E-state index in [4.69, 9.17) is 0 Å². The molecule has 0 aliphatic heterocycles. The van der Waals surface area contributed by atoms with E-state index in [-0.39, 0.29) is 0 Å². The molecule has 2 aromatic rings. The van der Waals surface area contributed by atoms with Crippen molar-refractivity contribution in [3.05, 3.63) is 63.2 Å². The van der Waals surface area contributed by atoms with Crippen molar-refractivity contribution in [1.82, 2.24) is 5.32 Å². The lowest BCUT2D eigenvalue weighted by Crippen LogP contribution is -2.13. The molecule has 0 amide bonds. The maximum atomic E-state index is 3.43. The van der Waals surface area contributed by atoms with Crippen LogP contribution in [0.15, 0.2) is 53.4 Å². The third-order valence-corrected chi connectivity index (χ3v) is 4.80. The minimum atomic E-state index is 0.968. The Morgan fingerprint density at radius 1 is 0.950 bits per heavy atom. The number of hydrogen-bond acceptors (Lipinski definition) is 2. The average molecular weight is 397 g/mol. The molecule has 0 spiro atoms. The molecule has 0 aromatic heterocycles. The average Bonchev–Trinajstić information content (AvgIpc) is 2.48. The third-order valence-electron chi connectivity index (χ3n) is 3.00. The Bertz CT molecular complexity index is 508. The van der Waals surface area contributed by atoms with Gasteiger partial charge in [0.25, 0.3) is 0 Å². The van der Waals surface area contributed by atoms with E-state index in [1.54, 1.807) is 0 Å².